The maximum Gasteiger partial charge on any atom is 0.0594 e. The molecule has 4 rings (SSSR count). The highest BCUT2D eigenvalue weighted by Crippen LogP contribution is 2.42. The lowest BCUT2D eigenvalue weighted by Crippen LogP contribution is -2.42. The SMILES string of the molecule is Cc1ccc(NC2CCN(CCC3(CCN4CCOCC4)CCCCC3)CC2)cc1. The first-order valence-electron chi connectivity index (χ1n) is 12.6. The van der Waals surface area contributed by atoms with Gasteiger partial charge in [-0.25, -0.2) is 0 Å². The Kier molecular flexibility index (Phi) is 8.08. The molecule has 3 aliphatic rings. The molecule has 4 heteroatoms. The van der Waals surface area contributed by atoms with Crippen molar-refractivity contribution in [2.75, 3.05) is 57.8 Å². The summed E-state index contributed by atoms with van der Waals surface area (Å²) < 4.78 is 5.54. The third-order valence-corrected chi connectivity index (χ3v) is 7.94. The van der Waals surface area contributed by atoms with Gasteiger partial charge in [0, 0.05) is 37.9 Å². The van der Waals surface area contributed by atoms with Gasteiger partial charge in [-0.05, 0) is 76.1 Å². The van der Waals surface area contributed by atoms with Crippen molar-refractivity contribution >= 4 is 5.69 Å². The molecule has 0 atom stereocenters. The molecule has 2 aliphatic heterocycles. The first-order chi connectivity index (χ1) is 14.7. The zero-order valence-electron chi connectivity index (χ0n) is 19.2. The summed E-state index contributed by atoms with van der Waals surface area (Å²) in [6.45, 7) is 11.4. The van der Waals surface area contributed by atoms with E-state index < -0.39 is 0 Å². The smallest absolute Gasteiger partial charge is 0.0594 e. The van der Waals surface area contributed by atoms with E-state index in [9.17, 15) is 0 Å². The summed E-state index contributed by atoms with van der Waals surface area (Å²) in [4.78, 5) is 5.39. The minimum atomic E-state index is 0.605. The van der Waals surface area contributed by atoms with E-state index in [0.29, 0.717) is 11.5 Å². The van der Waals surface area contributed by atoms with E-state index in [4.69, 9.17) is 4.74 Å². The quantitative estimate of drug-likeness (QED) is 0.654. The number of anilines is 1. The van der Waals surface area contributed by atoms with Crippen LogP contribution in [0.5, 0.6) is 0 Å². The van der Waals surface area contributed by atoms with E-state index >= 15 is 0 Å². The Morgan fingerprint density at radius 1 is 0.867 bits per heavy atom. The first kappa shape index (κ1) is 22.1. The topological polar surface area (TPSA) is 27.7 Å². The van der Waals surface area contributed by atoms with Crippen LogP contribution in [-0.4, -0.2) is 68.3 Å². The summed E-state index contributed by atoms with van der Waals surface area (Å²) in [5.74, 6) is 0. The van der Waals surface area contributed by atoms with Crippen molar-refractivity contribution in [1.29, 1.82) is 0 Å². The van der Waals surface area contributed by atoms with Gasteiger partial charge in [0.1, 0.15) is 0 Å². The summed E-state index contributed by atoms with van der Waals surface area (Å²) >= 11 is 0. The molecular weight excluding hydrogens is 370 g/mol. The zero-order valence-corrected chi connectivity index (χ0v) is 19.2. The predicted octanol–water partition coefficient (Wildman–Crippen LogP) is 4.93. The minimum Gasteiger partial charge on any atom is -0.382 e. The Hall–Kier alpha value is -1.10. The molecule has 3 fully saturated rings. The molecule has 1 N–H and O–H groups in total. The lowest BCUT2D eigenvalue weighted by atomic mass is 9.69. The second kappa shape index (κ2) is 11.0. The number of rotatable bonds is 8. The fourth-order valence-corrected chi connectivity index (χ4v) is 5.73. The van der Waals surface area contributed by atoms with E-state index in [2.05, 4.69) is 46.3 Å². The predicted molar refractivity (Wildman–Crippen MR) is 126 cm³/mol. The van der Waals surface area contributed by atoms with Crippen LogP contribution in [-0.2, 0) is 4.74 Å². The largest absolute Gasteiger partial charge is 0.382 e. The van der Waals surface area contributed by atoms with E-state index in [0.717, 1.165) is 26.3 Å². The fraction of sp³-hybridized carbons (Fsp3) is 0.769. The molecule has 1 aliphatic carbocycles. The summed E-state index contributed by atoms with van der Waals surface area (Å²) in [6, 6.07) is 9.50. The highest BCUT2D eigenvalue weighted by molar-refractivity contribution is 5.45. The van der Waals surface area contributed by atoms with Crippen LogP contribution in [0.4, 0.5) is 5.69 Å². The van der Waals surface area contributed by atoms with Gasteiger partial charge in [-0.1, -0.05) is 37.0 Å². The molecule has 2 heterocycles. The van der Waals surface area contributed by atoms with Gasteiger partial charge in [0.05, 0.1) is 13.2 Å². The van der Waals surface area contributed by atoms with Gasteiger partial charge in [-0.2, -0.15) is 0 Å². The van der Waals surface area contributed by atoms with Crippen molar-refractivity contribution in [3.05, 3.63) is 29.8 Å². The molecule has 2 saturated heterocycles. The molecule has 0 aromatic heterocycles. The lowest BCUT2D eigenvalue weighted by Gasteiger charge is -2.42. The Labute approximate surface area is 184 Å². The maximum absolute atomic E-state index is 5.54. The number of hydrogen-bond acceptors (Lipinski definition) is 4. The molecule has 1 aromatic rings. The van der Waals surface area contributed by atoms with Gasteiger partial charge in [-0.15, -0.1) is 0 Å². The number of nitrogens with zero attached hydrogens (tertiary/aromatic N) is 2. The van der Waals surface area contributed by atoms with Crippen LogP contribution in [0.2, 0.25) is 0 Å². The Bertz CT molecular complexity index is 612. The van der Waals surface area contributed by atoms with Crippen LogP contribution < -0.4 is 5.32 Å². The minimum absolute atomic E-state index is 0.605. The molecule has 0 spiro atoms. The second-order valence-corrected chi connectivity index (χ2v) is 10.1. The second-order valence-electron chi connectivity index (χ2n) is 10.1. The van der Waals surface area contributed by atoms with Crippen molar-refractivity contribution in [3.8, 4) is 0 Å². The van der Waals surface area contributed by atoms with Crippen molar-refractivity contribution in [3.63, 3.8) is 0 Å². The first-order valence-corrected chi connectivity index (χ1v) is 12.6. The van der Waals surface area contributed by atoms with Crippen LogP contribution in [0.15, 0.2) is 24.3 Å². The molecule has 30 heavy (non-hydrogen) atoms. The van der Waals surface area contributed by atoms with E-state index in [1.54, 1.807) is 0 Å². The molecule has 0 bridgehead atoms. The van der Waals surface area contributed by atoms with E-state index in [-0.39, 0.29) is 0 Å². The zero-order chi connectivity index (χ0) is 20.7. The number of ether oxygens (including phenoxy) is 1. The highest BCUT2D eigenvalue weighted by Gasteiger charge is 2.33. The molecule has 0 amide bonds. The molecule has 168 valence electrons. The van der Waals surface area contributed by atoms with Gasteiger partial charge in [-0.3, -0.25) is 4.90 Å². The summed E-state index contributed by atoms with van der Waals surface area (Å²) in [6.07, 6.45) is 12.6. The van der Waals surface area contributed by atoms with Gasteiger partial charge >= 0.3 is 0 Å². The Morgan fingerprint density at radius 3 is 2.10 bits per heavy atom. The number of benzene rings is 1. The molecule has 1 saturated carbocycles. The number of aryl methyl sites for hydroxylation is 1. The standard InChI is InChI=1S/C26H43N3O/c1-23-5-7-24(8-6-23)27-25-9-15-28(16-10-25)17-13-26(11-3-2-4-12-26)14-18-29-19-21-30-22-20-29/h5-8,25,27H,2-4,9-22H2,1H3. The third kappa shape index (κ3) is 6.45. The monoisotopic (exact) mass is 413 g/mol. The van der Waals surface area contributed by atoms with Gasteiger partial charge in [0.25, 0.3) is 0 Å². The average molecular weight is 414 g/mol. The maximum atomic E-state index is 5.54. The fourth-order valence-electron chi connectivity index (χ4n) is 5.73. The molecule has 0 unspecified atom stereocenters. The van der Waals surface area contributed by atoms with Crippen LogP contribution in [0, 0.1) is 12.3 Å². The number of hydrogen-bond donors (Lipinski definition) is 1. The molecular formula is C26H43N3O. The average Bonchev–Trinajstić information content (AvgIpc) is 2.80. The highest BCUT2D eigenvalue weighted by atomic mass is 16.5. The Morgan fingerprint density at radius 2 is 1.47 bits per heavy atom. The summed E-state index contributed by atoms with van der Waals surface area (Å²) in [5, 5.41) is 3.76. The van der Waals surface area contributed by atoms with E-state index in [1.807, 2.05) is 0 Å². The van der Waals surface area contributed by atoms with Crippen LogP contribution in [0.25, 0.3) is 0 Å². The van der Waals surface area contributed by atoms with Crippen LogP contribution in [0.3, 0.4) is 0 Å². The summed E-state index contributed by atoms with van der Waals surface area (Å²) in [7, 11) is 0. The molecule has 0 radical (unpaired) electrons. The molecule has 1 aromatic carbocycles. The van der Waals surface area contributed by atoms with Crippen LogP contribution >= 0.6 is 0 Å². The van der Waals surface area contributed by atoms with Gasteiger partial charge in [0.2, 0.25) is 0 Å². The molecule has 4 nitrogen and oxygen atoms in total. The van der Waals surface area contributed by atoms with Gasteiger partial charge < -0.3 is 15.0 Å². The lowest BCUT2D eigenvalue weighted by molar-refractivity contribution is 0.0248. The summed E-state index contributed by atoms with van der Waals surface area (Å²) in [5.41, 5.74) is 3.22. The number of nitrogens with one attached hydrogen (secondary N) is 1. The number of likely N-dealkylation sites (tertiary alicyclic amines) is 1. The van der Waals surface area contributed by atoms with Gasteiger partial charge in [0.15, 0.2) is 0 Å². The number of piperidine rings is 1. The van der Waals surface area contributed by atoms with Crippen molar-refractivity contribution in [2.45, 2.75) is 70.8 Å². The van der Waals surface area contributed by atoms with Crippen LogP contribution in [0.1, 0.15) is 63.4 Å². The van der Waals surface area contributed by atoms with Crippen molar-refractivity contribution in [2.24, 2.45) is 5.41 Å². The third-order valence-electron chi connectivity index (χ3n) is 7.94. The number of morpholine rings is 1. The Balaban J connectivity index is 1.21. The van der Waals surface area contributed by atoms with Crippen molar-refractivity contribution < 1.29 is 4.74 Å². The van der Waals surface area contributed by atoms with E-state index in [1.165, 1.54) is 95.2 Å². The van der Waals surface area contributed by atoms with Crippen molar-refractivity contribution in [1.82, 2.24) is 9.80 Å². The normalized spacial score (nSPS) is 24.0.